The third-order valence-electron chi connectivity index (χ3n) is 7.03. The summed E-state index contributed by atoms with van der Waals surface area (Å²) in [5, 5.41) is 2.83. The predicted octanol–water partition coefficient (Wildman–Crippen LogP) is 2.47. The van der Waals surface area contributed by atoms with Gasteiger partial charge in [0.2, 0.25) is 20.0 Å². The second kappa shape index (κ2) is 12.2. The number of carbonyl (C=O) groups excluding carboxylic acids is 1. The van der Waals surface area contributed by atoms with E-state index < -0.39 is 20.0 Å². The molecule has 0 radical (unpaired) electrons. The highest BCUT2D eigenvalue weighted by Crippen LogP contribution is 2.21. The van der Waals surface area contributed by atoms with Gasteiger partial charge in [0.15, 0.2) is 0 Å². The highest BCUT2D eigenvalue weighted by Gasteiger charge is 2.29. The largest absolute Gasteiger partial charge is 0.379 e. The van der Waals surface area contributed by atoms with Crippen LogP contribution in [0, 0.1) is 0 Å². The zero-order chi connectivity index (χ0) is 28.2. The third kappa shape index (κ3) is 6.43. The molecular weight excluding hydrogens is 552 g/mol. The maximum absolute atomic E-state index is 12.9. The van der Waals surface area contributed by atoms with Gasteiger partial charge in [0.1, 0.15) is 0 Å². The van der Waals surface area contributed by atoms with Crippen LogP contribution in [0.1, 0.15) is 15.9 Å². The Bertz CT molecular complexity index is 1530. The molecule has 2 heterocycles. The molecule has 2 saturated heterocycles. The van der Waals surface area contributed by atoms with Crippen molar-refractivity contribution in [3.8, 4) is 0 Å². The van der Waals surface area contributed by atoms with Crippen molar-refractivity contribution in [1.29, 1.82) is 0 Å². The van der Waals surface area contributed by atoms with E-state index in [-0.39, 0.29) is 10.8 Å². The van der Waals surface area contributed by atoms with E-state index in [0.29, 0.717) is 75.2 Å². The quantitative estimate of drug-likeness (QED) is 0.433. The number of amides is 1. The van der Waals surface area contributed by atoms with Crippen molar-refractivity contribution in [2.75, 3.05) is 57.8 Å². The zero-order valence-corrected chi connectivity index (χ0v) is 23.6. The number of benzene rings is 3. The third-order valence-corrected chi connectivity index (χ3v) is 10.9. The molecule has 0 bridgehead atoms. The van der Waals surface area contributed by atoms with Gasteiger partial charge in [-0.05, 0) is 54.1 Å². The van der Waals surface area contributed by atoms with E-state index in [0.717, 1.165) is 5.56 Å². The molecule has 1 amide bonds. The molecule has 10 nitrogen and oxygen atoms in total. The molecule has 0 atom stereocenters. The summed E-state index contributed by atoms with van der Waals surface area (Å²) in [5.41, 5.74) is 1.92. The van der Waals surface area contributed by atoms with Gasteiger partial charge in [0.25, 0.3) is 5.91 Å². The SMILES string of the molecule is O=C(Nc1ccc(S(=O)(=O)N2CCOCC2)cc1)c1cccc(CN2CCN(S(=O)(=O)c3ccccc3)CC2)c1. The highest BCUT2D eigenvalue weighted by atomic mass is 32.2. The van der Waals surface area contributed by atoms with Gasteiger partial charge in [-0.25, -0.2) is 16.8 Å². The molecular formula is C28H32N4O6S2. The second-order valence-corrected chi connectivity index (χ2v) is 13.6. The lowest BCUT2D eigenvalue weighted by Crippen LogP contribution is -2.48. The van der Waals surface area contributed by atoms with E-state index in [9.17, 15) is 21.6 Å². The smallest absolute Gasteiger partial charge is 0.255 e. The van der Waals surface area contributed by atoms with Crippen LogP contribution in [0.4, 0.5) is 5.69 Å². The molecule has 2 aliphatic heterocycles. The molecule has 2 fully saturated rings. The van der Waals surface area contributed by atoms with Crippen molar-refractivity contribution in [3.63, 3.8) is 0 Å². The van der Waals surface area contributed by atoms with Gasteiger partial charge in [-0.15, -0.1) is 0 Å². The topological polar surface area (TPSA) is 116 Å². The average Bonchev–Trinajstić information content (AvgIpc) is 2.99. The van der Waals surface area contributed by atoms with E-state index in [1.54, 1.807) is 48.5 Å². The van der Waals surface area contributed by atoms with Crippen LogP contribution in [0.15, 0.2) is 88.7 Å². The van der Waals surface area contributed by atoms with Crippen LogP contribution in [-0.2, 0) is 31.3 Å². The van der Waals surface area contributed by atoms with Crippen LogP contribution in [0.3, 0.4) is 0 Å². The first-order valence-electron chi connectivity index (χ1n) is 13.1. The van der Waals surface area contributed by atoms with E-state index >= 15 is 0 Å². The van der Waals surface area contributed by atoms with Crippen molar-refractivity contribution in [3.05, 3.63) is 90.0 Å². The van der Waals surface area contributed by atoms with Crippen molar-refractivity contribution < 1.29 is 26.4 Å². The average molecular weight is 585 g/mol. The van der Waals surface area contributed by atoms with Gasteiger partial charge in [-0.2, -0.15) is 8.61 Å². The van der Waals surface area contributed by atoms with Crippen LogP contribution in [0.25, 0.3) is 0 Å². The lowest BCUT2D eigenvalue weighted by Gasteiger charge is -2.34. The molecule has 5 rings (SSSR count). The first-order valence-corrected chi connectivity index (χ1v) is 16.0. The Morgan fingerprint density at radius 2 is 1.30 bits per heavy atom. The minimum atomic E-state index is -3.61. The van der Waals surface area contributed by atoms with Crippen LogP contribution in [0.2, 0.25) is 0 Å². The standard InChI is InChI=1S/C28H32N4O6S2/c33-28(29-25-9-11-27(12-10-25)40(36,37)32-17-19-38-20-18-32)24-6-4-5-23(21-24)22-30-13-15-31(16-14-30)39(34,35)26-7-2-1-3-8-26/h1-12,21H,13-20,22H2,(H,29,33). The molecule has 0 spiro atoms. The Morgan fingerprint density at radius 3 is 1.95 bits per heavy atom. The fraction of sp³-hybridized carbons (Fsp3) is 0.321. The van der Waals surface area contributed by atoms with Crippen molar-refractivity contribution >= 4 is 31.6 Å². The molecule has 1 N–H and O–H groups in total. The minimum Gasteiger partial charge on any atom is -0.379 e. The number of rotatable bonds is 8. The Kier molecular flexibility index (Phi) is 8.64. The molecule has 40 heavy (non-hydrogen) atoms. The number of morpholine rings is 1. The van der Waals surface area contributed by atoms with Gasteiger partial charge in [-0.3, -0.25) is 9.69 Å². The van der Waals surface area contributed by atoms with E-state index in [2.05, 4.69) is 10.2 Å². The molecule has 0 saturated carbocycles. The lowest BCUT2D eigenvalue weighted by atomic mass is 10.1. The maximum atomic E-state index is 12.9. The zero-order valence-electron chi connectivity index (χ0n) is 22.0. The predicted molar refractivity (Wildman–Crippen MR) is 151 cm³/mol. The van der Waals surface area contributed by atoms with E-state index in [1.807, 2.05) is 18.2 Å². The summed E-state index contributed by atoms with van der Waals surface area (Å²) in [5.74, 6) is -0.301. The number of nitrogens with one attached hydrogen (secondary N) is 1. The molecule has 3 aromatic carbocycles. The molecule has 0 aromatic heterocycles. The fourth-order valence-corrected chi connectivity index (χ4v) is 7.64. The summed E-state index contributed by atoms with van der Waals surface area (Å²) >= 11 is 0. The fourth-order valence-electron chi connectivity index (χ4n) is 4.79. The number of piperazine rings is 1. The maximum Gasteiger partial charge on any atom is 0.255 e. The van der Waals surface area contributed by atoms with Crippen molar-refractivity contribution in [1.82, 2.24) is 13.5 Å². The molecule has 212 valence electrons. The van der Waals surface area contributed by atoms with Crippen molar-refractivity contribution in [2.45, 2.75) is 16.3 Å². The van der Waals surface area contributed by atoms with Gasteiger partial charge in [-0.1, -0.05) is 30.3 Å². The number of carbonyl (C=O) groups is 1. The summed E-state index contributed by atoms with van der Waals surface area (Å²) in [4.78, 5) is 15.6. The van der Waals surface area contributed by atoms with Crippen LogP contribution < -0.4 is 5.32 Å². The molecule has 0 aliphatic carbocycles. The summed E-state index contributed by atoms with van der Waals surface area (Å²) < 4.78 is 59.6. The van der Waals surface area contributed by atoms with Crippen molar-refractivity contribution in [2.24, 2.45) is 0 Å². The van der Waals surface area contributed by atoms with Gasteiger partial charge >= 0.3 is 0 Å². The lowest BCUT2D eigenvalue weighted by molar-refractivity contribution is 0.0730. The Hall–Kier alpha value is -3.13. The van der Waals surface area contributed by atoms with Gasteiger partial charge in [0.05, 0.1) is 23.0 Å². The summed E-state index contributed by atoms with van der Waals surface area (Å²) in [6, 6.07) is 21.9. The molecule has 12 heteroatoms. The first kappa shape index (κ1) is 28.4. The summed E-state index contributed by atoms with van der Waals surface area (Å²) in [6.45, 7) is 3.94. The van der Waals surface area contributed by atoms with E-state index in [1.165, 1.54) is 20.7 Å². The number of hydrogen-bond donors (Lipinski definition) is 1. The first-order chi connectivity index (χ1) is 19.2. The molecule has 2 aliphatic rings. The van der Waals surface area contributed by atoms with Crippen LogP contribution >= 0.6 is 0 Å². The van der Waals surface area contributed by atoms with E-state index in [4.69, 9.17) is 4.74 Å². The summed E-state index contributed by atoms with van der Waals surface area (Å²) in [6.07, 6.45) is 0. The monoisotopic (exact) mass is 584 g/mol. The van der Waals surface area contributed by atoms with Crippen LogP contribution in [-0.4, -0.2) is 88.7 Å². The number of anilines is 1. The normalized spacial score (nSPS) is 17.9. The second-order valence-electron chi connectivity index (χ2n) is 9.69. The Balaban J connectivity index is 1.17. The Morgan fingerprint density at radius 1 is 0.700 bits per heavy atom. The molecule has 3 aromatic rings. The number of hydrogen-bond acceptors (Lipinski definition) is 7. The van der Waals surface area contributed by atoms with Gasteiger partial charge in [0, 0.05) is 57.1 Å². The van der Waals surface area contributed by atoms with Gasteiger partial charge < -0.3 is 10.1 Å². The van der Waals surface area contributed by atoms with Crippen LogP contribution in [0.5, 0.6) is 0 Å². The molecule has 0 unspecified atom stereocenters. The number of ether oxygens (including phenoxy) is 1. The highest BCUT2D eigenvalue weighted by molar-refractivity contribution is 7.89. The summed E-state index contributed by atoms with van der Waals surface area (Å²) in [7, 11) is -7.12. The Labute approximate surface area is 235 Å². The minimum absolute atomic E-state index is 0.172. The number of sulfonamides is 2. The number of nitrogens with zero attached hydrogens (tertiary/aromatic N) is 3.